The quantitative estimate of drug-likeness (QED) is 0.525. The Balaban J connectivity index is 2.08. The molecule has 7 nitrogen and oxygen atoms in total. The van der Waals surface area contributed by atoms with Gasteiger partial charge in [0.05, 0.1) is 17.8 Å². The highest BCUT2D eigenvalue weighted by molar-refractivity contribution is 9.10. The fourth-order valence-electron chi connectivity index (χ4n) is 2.00. The van der Waals surface area contributed by atoms with Crippen molar-refractivity contribution in [1.82, 2.24) is 5.43 Å². The normalized spacial score (nSPS) is 10.5. The van der Waals surface area contributed by atoms with Crippen molar-refractivity contribution < 1.29 is 19.4 Å². The van der Waals surface area contributed by atoms with Crippen LogP contribution in [0.4, 0.5) is 5.69 Å². The summed E-state index contributed by atoms with van der Waals surface area (Å²) in [5.41, 5.74) is 3.90. The number of hydrogen-bond acceptors (Lipinski definition) is 5. The molecular formula is C17H16BrN3O4. The van der Waals surface area contributed by atoms with Gasteiger partial charge >= 0.3 is 0 Å². The number of ether oxygens (including phenoxy) is 1. The van der Waals surface area contributed by atoms with Crippen molar-refractivity contribution in [2.75, 3.05) is 12.4 Å². The number of aromatic hydroxyl groups is 1. The summed E-state index contributed by atoms with van der Waals surface area (Å²) in [6.45, 7) is 1.39. The molecule has 130 valence electrons. The molecule has 0 saturated heterocycles. The van der Waals surface area contributed by atoms with E-state index in [1.54, 1.807) is 36.4 Å². The van der Waals surface area contributed by atoms with E-state index in [0.29, 0.717) is 21.3 Å². The molecule has 0 radical (unpaired) electrons. The average Bonchev–Trinajstić information content (AvgIpc) is 2.57. The van der Waals surface area contributed by atoms with Gasteiger partial charge in [-0.3, -0.25) is 9.59 Å². The lowest BCUT2D eigenvalue weighted by atomic mass is 10.2. The smallest absolute Gasteiger partial charge is 0.271 e. The number of hydrazone groups is 1. The van der Waals surface area contributed by atoms with E-state index < -0.39 is 5.91 Å². The number of amides is 2. The molecule has 0 saturated carbocycles. The molecule has 0 fully saturated rings. The Kier molecular flexibility index (Phi) is 6.13. The minimum Gasteiger partial charge on any atom is -0.503 e. The Hall–Kier alpha value is -2.87. The highest BCUT2D eigenvalue weighted by Gasteiger charge is 2.08. The van der Waals surface area contributed by atoms with Gasteiger partial charge in [0.2, 0.25) is 5.91 Å². The van der Waals surface area contributed by atoms with Crippen molar-refractivity contribution in [2.45, 2.75) is 6.92 Å². The van der Waals surface area contributed by atoms with E-state index in [4.69, 9.17) is 4.74 Å². The highest BCUT2D eigenvalue weighted by atomic mass is 79.9. The molecule has 2 aromatic carbocycles. The first kappa shape index (κ1) is 18.5. The summed E-state index contributed by atoms with van der Waals surface area (Å²) in [7, 11) is 1.44. The van der Waals surface area contributed by atoms with E-state index in [9.17, 15) is 14.7 Å². The van der Waals surface area contributed by atoms with E-state index in [-0.39, 0.29) is 17.4 Å². The van der Waals surface area contributed by atoms with Gasteiger partial charge in [-0.15, -0.1) is 0 Å². The van der Waals surface area contributed by atoms with Crippen LogP contribution in [0.2, 0.25) is 0 Å². The zero-order valence-electron chi connectivity index (χ0n) is 13.5. The lowest BCUT2D eigenvalue weighted by Crippen LogP contribution is -2.18. The van der Waals surface area contributed by atoms with Crippen LogP contribution in [0.15, 0.2) is 46.0 Å². The predicted molar refractivity (Wildman–Crippen MR) is 98.2 cm³/mol. The average molecular weight is 406 g/mol. The maximum atomic E-state index is 12.1. The number of nitrogens with zero attached hydrogens (tertiary/aromatic N) is 1. The molecule has 3 N–H and O–H groups in total. The van der Waals surface area contributed by atoms with Gasteiger partial charge in [-0.05, 0) is 51.8 Å². The number of carbonyl (C=O) groups excluding carboxylic acids is 2. The highest BCUT2D eigenvalue weighted by Crippen LogP contribution is 2.34. The summed E-state index contributed by atoms with van der Waals surface area (Å²) >= 11 is 3.21. The Morgan fingerprint density at radius 1 is 1.28 bits per heavy atom. The summed E-state index contributed by atoms with van der Waals surface area (Å²) in [5.74, 6) is -0.376. The van der Waals surface area contributed by atoms with Gasteiger partial charge in [0, 0.05) is 18.2 Å². The maximum Gasteiger partial charge on any atom is 0.271 e. The number of hydrogen-bond donors (Lipinski definition) is 3. The van der Waals surface area contributed by atoms with Crippen LogP contribution in [0, 0.1) is 0 Å². The number of halogens is 1. The van der Waals surface area contributed by atoms with Gasteiger partial charge < -0.3 is 15.2 Å². The number of carbonyl (C=O) groups is 2. The fourth-order valence-corrected chi connectivity index (χ4v) is 2.46. The Labute approximate surface area is 152 Å². The third-order valence-electron chi connectivity index (χ3n) is 3.10. The molecule has 8 heteroatoms. The lowest BCUT2D eigenvalue weighted by molar-refractivity contribution is -0.114. The molecular weight excluding hydrogens is 390 g/mol. The number of phenolic OH excluding ortho intramolecular Hbond substituents is 1. The van der Waals surface area contributed by atoms with Crippen LogP contribution >= 0.6 is 15.9 Å². The van der Waals surface area contributed by atoms with Gasteiger partial charge in [-0.1, -0.05) is 6.07 Å². The molecule has 0 atom stereocenters. The third-order valence-corrected chi connectivity index (χ3v) is 3.70. The molecule has 2 rings (SSSR count). The number of anilines is 1. The van der Waals surface area contributed by atoms with Crippen molar-refractivity contribution in [3.63, 3.8) is 0 Å². The molecule has 0 heterocycles. The van der Waals surface area contributed by atoms with E-state index in [2.05, 4.69) is 31.8 Å². The molecule has 25 heavy (non-hydrogen) atoms. The SMILES string of the molecule is COc1cc(/C=N/NC(=O)c2cccc(NC(C)=O)c2)cc(Br)c1O. The van der Waals surface area contributed by atoms with Crippen molar-refractivity contribution in [1.29, 1.82) is 0 Å². The monoisotopic (exact) mass is 405 g/mol. The van der Waals surface area contributed by atoms with E-state index in [0.717, 1.165) is 0 Å². The topological polar surface area (TPSA) is 100 Å². The molecule has 0 bridgehead atoms. The lowest BCUT2D eigenvalue weighted by Gasteiger charge is -2.06. The molecule has 0 aliphatic carbocycles. The van der Waals surface area contributed by atoms with Gasteiger partial charge in [0.25, 0.3) is 5.91 Å². The fraction of sp³-hybridized carbons (Fsp3) is 0.118. The van der Waals surface area contributed by atoms with Crippen LogP contribution in [-0.4, -0.2) is 30.2 Å². The van der Waals surface area contributed by atoms with Gasteiger partial charge in [-0.25, -0.2) is 5.43 Å². The maximum absolute atomic E-state index is 12.1. The first-order valence-electron chi connectivity index (χ1n) is 7.18. The largest absolute Gasteiger partial charge is 0.503 e. The second kappa shape index (κ2) is 8.29. The third kappa shape index (κ3) is 5.05. The predicted octanol–water partition coefficient (Wildman–Crippen LogP) is 2.89. The molecule has 0 aromatic heterocycles. The molecule has 2 aromatic rings. The van der Waals surface area contributed by atoms with Crippen LogP contribution in [-0.2, 0) is 4.79 Å². The number of phenols is 1. The molecule has 0 unspecified atom stereocenters. The van der Waals surface area contributed by atoms with E-state index in [1.165, 1.54) is 20.2 Å². The molecule has 2 amide bonds. The van der Waals surface area contributed by atoms with Crippen molar-refractivity contribution in [2.24, 2.45) is 5.10 Å². The summed E-state index contributed by atoms with van der Waals surface area (Å²) < 4.78 is 5.49. The minimum absolute atomic E-state index is 0.0153. The van der Waals surface area contributed by atoms with Crippen LogP contribution in [0.5, 0.6) is 11.5 Å². The van der Waals surface area contributed by atoms with Crippen LogP contribution in [0.25, 0.3) is 0 Å². The number of benzene rings is 2. The second-order valence-corrected chi connectivity index (χ2v) is 5.87. The summed E-state index contributed by atoms with van der Waals surface area (Å²) in [5, 5.41) is 16.2. The van der Waals surface area contributed by atoms with Crippen LogP contribution < -0.4 is 15.5 Å². The Morgan fingerprint density at radius 2 is 2.04 bits per heavy atom. The first-order chi connectivity index (χ1) is 11.9. The summed E-state index contributed by atoms with van der Waals surface area (Å²) in [4.78, 5) is 23.2. The van der Waals surface area contributed by atoms with Gasteiger partial charge in [0.1, 0.15) is 0 Å². The zero-order valence-corrected chi connectivity index (χ0v) is 15.1. The molecule has 0 spiro atoms. The van der Waals surface area contributed by atoms with Crippen LogP contribution in [0.3, 0.4) is 0 Å². The van der Waals surface area contributed by atoms with Crippen molar-refractivity contribution in [3.8, 4) is 11.5 Å². The number of rotatable bonds is 5. The van der Waals surface area contributed by atoms with E-state index >= 15 is 0 Å². The first-order valence-corrected chi connectivity index (χ1v) is 7.97. The van der Waals surface area contributed by atoms with Crippen molar-refractivity contribution in [3.05, 3.63) is 52.0 Å². The molecule has 0 aliphatic rings. The zero-order chi connectivity index (χ0) is 18.4. The Bertz CT molecular complexity index is 837. The standard InChI is InChI=1S/C17H16BrN3O4/c1-10(22)20-13-5-3-4-12(8-13)17(24)21-19-9-11-6-14(18)16(23)15(7-11)25-2/h3-9,23H,1-2H3,(H,20,22)(H,21,24)/b19-9+. The van der Waals surface area contributed by atoms with Gasteiger partial charge in [-0.2, -0.15) is 5.10 Å². The number of methoxy groups -OCH3 is 1. The van der Waals surface area contributed by atoms with E-state index in [1.807, 2.05) is 0 Å². The van der Waals surface area contributed by atoms with Gasteiger partial charge in [0.15, 0.2) is 11.5 Å². The summed E-state index contributed by atoms with van der Waals surface area (Å²) in [6, 6.07) is 9.70. The summed E-state index contributed by atoms with van der Waals surface area (Å²) in [6.07, 6.45) is 1.42. The van der Waals surface area contributed by atoms with Crippen LogP contribution in [0.1, 0.15) is 22.8 Å². The Morgan fingerprint density at radius 3 is 2.72 bits per heavy atom. The minimum atomic E-state index is -0.423. The molecule has 0 aliphatic heterocycles. The number of nitrogens with one attached hydrogen (secondary N) is 2. The second-order valence-electron chi connectivity index (χ2n) is 5.01. The van der Waals surface area contributed by atoms with Crippen molar-refractivity contribution >= 4 is 39.6 Å².